The molecule has 0 amide bonds. The second-order valence-electron chi connectivity index (χ2n) is 12.4. The number of fused-ring (bicyclic) bond motifs is 4. The summed E-state index contributed by atoms with van der Waals surface area (Å²) in [7, 11) is 0. The molecule has 0 fully saturated rings. The molecule has 0 radical (unpaired) electrons. The molecule has 0 bridgehead atoms. The average molecular weight is 501 g/mol. The quantitative estimate of drug-likeness (QED) is 0.261. The third kappa shape index (κ3) is 3.93. The van der Waals surface area contributed by atoms with E-state index in [1.54, 1.807) is 11.1 Å². The summed E-state index contributed by atoms with van der Waals surface area (Å²) in [6.45, 7) is 16.2. The van der Waals surface area contributed by atoms with Crippen molar-refractivity contribution in [2.75, 3.05) is 5.32 Å². The minimum Gasteiger partial charge on any atom is -0.355 e. The summed E-state index contributed by atoms with van der Waals surface area (Å²) < 4.78 is 2.40. The number of aromatic nitrogens is 1. The summed E-state index contributed by atoms with van der Waals surface area (Å²) in [6, 6.07) is 24.6. The minimum atomic E-state index is 0.0945. The molecule has 1 aromatic heterocycles. The van der Waals surface area contributed by atoms with Crippen LogP contribution in [0, 0.1) is 20.8 Å². The molecule has 0 saturated heterocycles. The first-order valence-electron chi connectivity index (χ1n) is 14.2. The van der Waals surface area contributed by atoms with E-state index in [4.69, 9.17) is 0 Å². The lowest BCUT2D eigenvalue weighted by Gasteiger charge is -2.30. The summed E-state index contributed by atoms with van der Waals surface area (Å²) in [5, 5.41) is 6.49. The van der Waals surface area contributed by atoms with E-state index in [2.05, 4.69) is 125 Å². The molecule has 1 aliphatic rings. The highest BCUT2D eigenvalue weighted by atomic mass is 15.0. The first-order valence-corrected chi connectivity index (χ1v) is 14.2. The van der Waals surface area contributed by atoms with Crippen LogP contribution in [0.1, 0.15) is 79.8 Å². The molecule has 0 aliphatic heterocycles. The number of hydrogen-bond acceptors (Lipinski definition) is 1. The van der Waals surface area contributed by atoms with Crippen LogP contribution < -0.4 is 5.32 Å². The van der Waals surface area contributed by atoms with Crippen LogP contribution in [0.3, 0.4) is 0 Å². The third-order valence-corrected chi connectivity index (χ3v) is 8.97. The maximum absolute atomic E-state index is 3.89. The van der Waals surface area contributed by atoms with Crippen LogP contribution >= 0.6 is 0 Å². The van der Waals surface area contributed by atoms with Crippen molar-refractivity contribution < 1.29 is 0 Å². The number of para-hydroxylation sites is 1. The molecule has 1 N–H and O–H groups in total. The van der Waals surface area contributed by atoms with Gasteiger partial charge in [0.15, 0.2) is 0 Å². The molecule has 38 heavy (non-hydrogen) atoms. The predicted octanol–water partition coefficient (Wildman–Crippen LogP) is 10.2. The van der Waals surface area contributed by atoms with Gasteiger partial charge in [-0.15, -0.1) is 0 Å². The van der Waals surface area contributed by atoms with Gasteiger partial charge in [0, 0.05) is 27.8 Å². The fourth-order valence-corrected chi connectivity index (χ4v) is 6.72. The lowest BCUT2D eigenvalue weighted by molar-refractivity contribution is 0.584. The normalized spacial score (nSPS) is 15.7. The van der Waals surface area contributed by atoms with Gasteiger partial charge in [0.2, 0.25) is 0 Å². The van der Waals surface area contributed by atoms with E-state index >= 15 is 0 Å². The summed E-state index contributed by atoms with van der Waals surface area (Å²) in [5.41, 5.74) is 15.1. The Hall–Kier alpha value is -3.52. The molecule has 6 rings (SSSR count). The van der Waals surface area contributed by atoms with Crippen molar-refractivity contribution in [1.29, 1.82) is 0 Å². The van der Waals surface area contributed by atoms with Gasteiger partial charge in [0.1, 0.15) is 0 Å². The second kappa shape index (κ2) is 9.05. The van der Waals surface area contributed by atoms with Gasteiger partial charge in [-0.3, -0.25) is 0 Å². The fourth-order valence-electron chi connectivity index (χ4n) is 6.72. The maximum Gasteiger partial charge on any atom is 0.0542 e. The topological polar surface area (TPSA) is 17.0 Å². The van der Waals surface area contributed by atoms with E-state index in [9.17, 15) is 0 Å². The monoisotopic (exact) mass is 500 g/mol. The molecular formula is C36H40N2. The van der Waals surface area contributed by atoms with E-state index in [-0.39, 0.29) is 5.41 Å². The van der Waals surface area contributed by atoms with Crippen molar-refractivity contribution >= 4 is 33.2 Å². The van der Waals surface area contributed by atoms with Gasteiger partial charge in [-0.1, -0.05) is 52.0 Å². The Labute approximate surface area is 227 Å². The molecule has 0 saturated carbocycles. The third-order valence-electron chi connectivity index (χ3n) is 8.97. The van der Waals surface area contributed by atoms with Crippen LogP contribution in [-0.4, -0.2) is 4.57 Å². The zero-order valence-electron chi connectivity index (χ0n) is 24.0. The molecule has 1 heterocycles. The fraction of sp³-hybridized carbons (Fsp3) is 0.333. The van der Waals surface area contributed by atoms with E-state index in [0.717, 1.165) is 5.69 Å². The van der Waals surface area contributed by atoms with Crippen molar-refractivity contribution in [3.8, 4) is 5.69 Å². The molecule has 1 aliphatic carbocycles. The predicted molar refractivity (Wildman–Crippen MR) is 165 cm³/mol. The Morgan fingerprint density at radius 1 is 0.789 bits per heavy atom. The lowest BCUT2D eigenvalue weighted by Crippen LogP contribution is -2.14. The minimum absolute atomic E-state index is 0.0945. The van der Waals surface area contributed by atoms with Gasteiger partial charge in [0.05, 0.1) is 11.0 Å². The molecular weight excluding hydrogens is 460 g/mol. The van der Waals surface area contributed by atoms with Gasteiger partial charge in [-0.2, -0.15) is 0 Å². The van der Waals surface area contributed by atoms with E-state index in [0.29, 0.717) is 5.92 Å². The Morgan fingerprint density at radius 2 is 1.47 bits per heavy atom. The van der Waals surface area contributed by atoms with E-state index in [1.165, 1.54) is 74.7 Å². The van der Waals surface area contributed by atoms with Crippen LogP contribution in [0.5, 0.6) is 0 Å². The van der Waals surface area contributed by atoms with E-state index in [1.807, 2.05) is 0 Å². The molecule has 0 spiro atoms. The van der Waals surface area contributed by atoms with Crippen molar-refractivity contribution in [3.63, 3.8) is 0 Å². The van der Waals surface area contributed by atoms with Crippen LogP contribution in [0.15, 0.2) is 66.7 Å². The summed E-state index contributed by atoms with van der Waals surface area (Å²) >= 11 is 0. The number of rotatable bonds is 3. The highest BCUT2D eigenvalue weighted by Gasteiger charge is 2.24. The number of nitrogens with one attached hydrogen (secondary N) is 1. The highest BCUT2D eigenvalue weighted by molar-refractivity contribution is 6.10. The van der Waals surface area contributed by atoms with Gasteiger partial charge in [0.25, 0.3) is 0 Å². The Morgan fingerprint density at radius 3 is 2.18 bits per heavy atom. The Kier molecular flexibility index (Phi) is 5.90. The average Bonchev–Trinajstić information content (AvgIpc) is 3.23. The van der Waals surface area contributed by atoms with Crippen molar-refractivity contribution in [2.24, 2.45) is 0 Å². The summed E-state index contributed by atoms with van der Waals surface area (Å²) in [6.07, 6.45) is 3.79. The van der Waals surface area contributed by atoms with Crippen molar-refractivity contribution in [3.05, 3.63) is 100 Å². The van der Waals surface area contributed by atoms with Crippen molar-refractivity contribution in [2.45, 2.75) is 79.1 Å². The van der Waals surface area contributed by atoms with E-state index < -0.39 is 0 Å². The van der Waals surface area contributed by atoms with Crippen LogP contribution in [0.25, 0.3) is 27.5 Å². The summed E-state index contributed by atoms with van der Waals surface area (Å²) in [4.78, 5) is 0. The number of anilines is 2. The highest BCUT2D eigenvalue weighted by Crippen LogP contribution is 2.42. The SMILES string of the molecule is Cc1c(C)c2c(c(C)c1Nc1ccc3c(c1)c1cc(C(C)(C)C)ccc1n3-c1ccccc1)CCCC2C. The molecule has 2 nitrogen and oxygen atoms in total. The molecule has 5 aromatic rings. The molecule has 1 atom stereocenters. The zero-order chi connectivity index (χ0) is 26.8. The molecule has 4 aromatic carbocycles. The van der Waals surface area contributed by atoms with Gasteiger partial charge in [-0.05, 0) is 127 Å². The van der Waals surface area contributed by atoms with Gasteiger partial charge >= 0.3 is 0 Å². The van der Waals surface area contributed by atoms with Gasteiger partial charge < -0.3 is 9.88 Å². The Bertz CT molecular complexity index is 1680. The smallest absolute Gasteiger partial charge is 0.0542 e. The second-order valence-corrected chi connectivity index (χ2v) is 12.4. The van der Waals surface area contributed by atoms with Crippen LogP contribution in [-0.2, 0) is 11.8 Å². The first kappa shape index (κ1) is 24.8. The zero-order valence-corrected chi connectivity index (χ0v) is 24.0. The largest absolute Gasteiger partial charge is 0.355 e. The van der Waals surface area contributed by atoms with Crippen LogP contribution in [0.4, 0.5) is 11.4 Å². The summed E-state index contributed by atoms with van der Waals surface area (Å²) in [5.74, 6) is 0.655. The lowest BCUT2D eigenvalue weighted by atomic mass is 9.77. The number of hydrogen-bond donors (Lipinski definition) is 1. The number of nitrogens with zero attached hydrogens (tertiary/aromatic N) is 1. The van der Waals surface area contributed by atoms with Gasteiger partial charge in [-0.25, -0.2) is 0 Å². The first-order chi connectivity index (χ1) is 18.1. The maximum atomic E-state index is 3.89. The Balaban J connectivity index is 1.54. The van der Waals surface area contributed by atoms with Crippen molar-refractivity contribution in [1.82, 2.24) is 4.57 Å². The van der Waals surface area contributed by atoms with Crippen LogP contribution in [0.2, 0.25) is 0 Å². The number of benzene rings is 4. The molecule has 2 heteroatoms. The molecule has 1 unspecified atom stereocenters. The standard InChI is InChI=1S/C36H40N2/c1-22-12-11-15-29-25(4)35(24(3)23(2)34(22)29)37-27-17-19-33-31(21-27)30-20-26(36(5,6)7)16-18-32(30)38(33)28-13-9-8-10-14-28/h8-10,13-14,16-22,37H,11-12,15H2,1-7H3. The molecule has 194 valence electrons.